The van der Waals surface area contributed by atoms with Gasteiger partial charge >= 0.3 is 0 Å². The number of piperidine rings is 1. The van der Waals surface area contributed by atoms with E-state index in [1.54, 1.807) is 40.7 Å². The van der Waals surface area contributed by atoms with Gasteiger partial charge in [-0.1, -0.05) is 0 Å². The number of carbonyl (C=O) groups is 2. The second kappa shape index (κ2) is 10.5. The minimum atomic E-state index is -0.419. The Balaban J connectivity index is 1.24. The fraction of sp³-hybridized carbons (Fsp3) is 0.385. The molecule has 0 unspecified atom stereocenters. The third kappa shape index (κ3) is 5.67. The first-order valence-corrected chi connectivity index (χ1v) is 12.5. The summed E-state index contributed by atoms with van der Waals surface area (Å²) >= 11 is 0. The van der Waals surface area contributed by atoms with Gasteiger partial charge in [-0.3, -0.25) is 23.7 Å². The van der Waals surface area contributed by atoms with E-state index in [1.165, 1.54) is 0 Å². The molecule has 0 spiro atoms. The molecule has 11 heteroatoms. The van der Waals surface area contributed by atoms with Gasteiger partial charge in [0.2, 0.25) is 11.7 Å². The molecule has 11 nitrogen and oxygen atoms in total. The van der Waals surface area contributed by atoms with E-state index in [2.05, 4.69) is 42.9 Å². The van der Waals surface area contributed by atoms with Crippen molar-refractivity contribution in [2.75, 3.05) is 30.8 Å². The highest BCUT2D eigenvalue weighted by atomic mass is 16.2. The molecule has 1 saturated heterocycles. The number of pyridine rings is 2. The number of hydrogen-bond acceptors (Lipinski definition) is 7. The first kappa shape index (κ1) is 24.6. The highest BCUT2D eigenvalue weighted by molar-refractivity contribution is 6.03. The van der Waals surface area contributed by atoms with Gasteiger partial charge in [-0.25, -0.2) is 0 Å². The number of amides is 2. The number of carbonyl (C=O) groups excluding carboxylic acids is 2. The monoisotopic (exact) mass is 501 g/mol. The minimum Gasteiger partial charge on any atom is -0.325 e. The van der Waals surface area contributed by atoms with E-state index in [4.69, 9.17) is 0 Å². The number of nitrogens with zero attached hydrogens (tertiary/aromatic N) is 7. The molecule has 5 heterocycles. The molecule has 4 aromatic rings. The zero-order valence-electron chi connectivity index (χ0n) is 21.3. The van der Waals surface area contributed by atoms with Crippen LogP contribution in [0.1, 0.15) is 42.0 Å². The maximum atomic E-state index is 13.1. The van der Waals surface area contributed by atoms with E-state index >= 15 is 0 Å². The summed E-state index contributed by atoms with van der Waals surface area (Å²) in [6.07, 6.45) is 10.7. The predicted molar refractivity (Wildman–Crippen MR) is 140 cm³/mol. The normalized spacial score (nSPS) is 14.7. The number of likely N-dealkylation sites (tertiary alicyclic amines) is 1. The van der Waals surface area contributed by atoms with Gasteiger partial charge in [0.05, 0.1) is 29.5 Å². The molecule has 4 aromatic heterocycles. The maximum absolute atomic E-state index is 13.1. The number of nitrogens with one attached hydrogen (secondary N) is 2. The molecule has 5 rings (SSSR count). The van der Waals surface area contributed by atoms with Crippen LogP contribution in [0.4, 0.5) is 11.4 Å². The fourth-order valence-corrected chi connectivity index (χ4v) is 4.61. The van der Waals surface area contributed by atoms with Crippen LogP contribution in [0.25, 0.3) is 16.8 Å². The van der Waals surface area contributed by atoms with Crippen LogP contribution in [-0.4, -0.2) is 66.2 Å². The van der Waals surface area contributed by atoms with Crippen LogP contribution >= 0.6 is 0 Å². The highest BCUT2D eigenvalue weighted by Gasteiger charge is 2.19. The summed E-state index contributed by atoms with van der Waals surface area (Å²) in [7, 11) is 3.99. The molecule has 0 radical (unpaired) electrons. The summed E-state index contributed by atoms with van der Waals surface area (Å²) in [6, 6.07) is 5.46. The topological polar surface area (TPSA) is 122 Å². The summed E-state index contributed by atoms with van der Waals surface area (Å²) < 4.78 is 3.36. The van der Waals surface area contributed by atoms with Crippen LogP contribution in [0.2, 0.25) is 0 Å². The van der Waals surface area contributed by atoms with Gasteiger partial charge < -0.3 is 15.5 Å². The number of rotatable bonds is 7. The number of aromatic nitrogens is 6. The number of aryl methyl sites for hydroxylation is 2. The molecule has 0 atom stereocenters. The summed E-state index contributed by atoms with van der Waals surface area (Å²) in [6.45, 7) is 3.97. The Morgan fingerprint density at radius 1 is 1.05 bits per heavy atom. The first-order chi connectivity index (χ1) is 17.9. The van der Waals surface area contributed by atoms with Gasteiger partial charge in [0, 0.05) is 31.4 Å². The van der Waals surface area contributed by atoms with Gasteiger partial charge in [0.15, 0.2) is 5.65 Å². The van der Waals surface area contributed by atoms with Crippen molar-refractivity contribution >= 4 is 28.8 Å². The molecular weight excluding hydrogens is 470 g/mol. The van der Waals surface area contributed by atoms with Gasteiger partial charge in [0.25, 0.3) is 5.91 Å². The molecule has 1 fully saturated rings. The fourth-order valence-electron chi connectivity index (χ4n) is 4.61. The highest BCUT2D eigenvalue weighted by Crippen LogP contribution is 2.23. The Morgan fingerprint density at radius 3 is 2.62 bits per heavy atom. The molecule has 1 aliphatic rings. The van der Waals surface area contributed by atoms with Crippen molar-refractivity contribution < 1.29 is 9.59 Å². The molecule has 0 aliphatic carbocycles. The van der Waals surface area contributed by atoms with E-state index in [-0.39, 0.29) is 11.7 Å². The molecule has 0 saturated carbocycles. The van der Waals surface area contributed by atoms with Crippen molar-refractivity contribution in [3.63, 3.8) is 0 Å². The molecule has 192 valence electrons. The number of hydrogen-bond donors (Lipinski definition) is 2. The smallest absolute Gasteiger partial charge is 0.294 e. The predicted octanol–water partition coefficient (Wildman–Crippen LogP) is 3.15. The van der Waals surface area contributed by atoms with Crippen molar-refractivity contribution in [1.29, 1.82) is 0 Å². The van der Waals surface area contributed by atoms with Crippen molar-refractivity contribution in [2.24, 2.45) is 13.0 Å². The molecule has 0 bridgehead atoms. The Morgan fingerprint density at radius 2 is 1.86 bits per heavy atom. The SMILES string of the molecule is Cc1ncc(NC(=O)CCC2CCN(C)CC2)cc1NC(=O)c1nnc2cc(-c3cnn(C)c3)ccn12. The van der Waals surface area contributed by atoms with Crippen molar-refractivity contribution in [1.82, 2.24) is 34.3 Å². The zero-order valence-corrected chi connectivity index (χ0v) is 21.3. The van der Waals surface area contributed by atoms with E-state index < -0.39 is 5.91 Å². The number of anilines is 2. The van der Waals surface area contributed by atoms with Gasteiger partial charge in [-0.05, 0) is 76.0 Å². The third-order valence-corrected chi connectivity index (χ3v) is 6.89. The Bertz CT molecular complexity index is 1430. The summed E-state index contributed by atoms with van der Waals surface area (Å²) in [5.41, 5.74) is 4.10. The van der Waals surface area contributed by atoms with Crippen molar-refractivity contribution in [3.05, 3.63) is 54.5 Å². The van der Waals surface area contributed by atoms with Crippen LogP contribution in [0.3, 0.4) is 0 Å². The third-order valence-electron chi connectivity index (χ3n) is 6.89. The van der Waals surface area contributed by atoms with E-state index in [0.29, 0.717) is 35.1 Å². The van der Waals surface area contributed by atoms with E-state index in [1.807, 2.05) is 25.4 Å². The lowest BCUT2D eigenvalue weighted by molar-refractivity contribution is -0.116. The van der Waals surface area contributed by atoms with E-state index in [0.717, 1.165) is 43.5 Å². The van der Waals surface area contributed by atoms with E-state index in [9.17, 15) is 9.59 Å². The number of fused-ring (bicyclic) bond motifs is 1. The summed E-state index contributed by atoms with van der Waals surface area (Å²) in [5.74, 6) is 0.276. The summed E-state index contributed by atoms with van der Waals surface area (Å²) in [4.78, 5) is 32.3. The average Bonchev–Trinajstić information content (AvgIpc) is 3.51. The molecule has 1 aliphatic heterocycles. The minimum absolute atomic E-state index is 0.0465. The average molecular weight is 502 g/mol. The quantitative estimate of drug-likeness (QED) is 0.399. The molecule has 0 aromatic carbocycles. The molecule has 2 amide bonds. The Kier molecular flexibility index (Phi) is 6.95. The van der Waals surface area contributed by atoms with Gasteiger partial charge in [-0.15, -0.1) is 10.2 Å². The lowest BCUT2D eigenvalue weighted by Crippen LogP contribution is -2.30. The maximum Gasteiger partial charge on any atom is 0.294 e. The first-order valence-electron chi connectivity index (χ1n) is 12.5. The molecular formula is C26H31N9O2. The summed E-state index contributed by atoms with van der Waals surface area (Å²) in [5, 5.41) is 18.2. The molecule has 37 heavy (non-hydrogen) atoms. The van der Waals surface area contributed by atoms with Crippen LogP contribution in [-0.2, 0) is 11.8 Å². The van der Waals surface area contributed by atoms with Crippen LogP contribution in [0, 0.1) is 12.8 Å². The van der Waals surface area contributed by atoms with Crippen molar-refractivity contribution in [2.45, 2.75) is 32.6 Å². The lowest BCUT2D eigenvalue weighted by Gasteiger charge is -2.28. The largest absolute Gasteiger partial charge is 0.325 e. The lowest BCUT2D eigenvalue weighted by atomic mass is 9.92. The molecule has 2 N–H and O–H groups in total. The zero-order chi connectivity index (χ0) is 25.9. The van der Waals surface area contributed by atoms with Crippen molar-refractivity contribution in [3.8, 4) is 11.1 Å². The van der Waals surface area contributed by atoms with Crippen LogP contribution < -0.4 is 10.6 Å². The van der Waals surface area contributed by atoms with Gasteiger partial charge in [-0.2, -0.15) is 5.10 Å². The van der Waals surface area contributed by atoms with Gasteiger partial charge in [0.1, 0.15) is 0 Å². The Labute approximate surface area is 214 Å². The second-order valence-electron chi connectivity index (χ2n) is 9.71. The standard InChI is InChI=1S/C26H31N9O2/c1-17-22(13-21(15-27-17)29-24(36)5-4-18-6-9-33(2)10-7-18)30-26(37)25-32-31-23-12-19(8-11-35(23)25)20-14-28-34(3)16-20/h8,11-16,18H,4-7,9-10H2,1-3H3,(H,29,36)(H,30,37). The van der Waals surface area contributed by atoms with Crippen LogP contribution in [0.15, 0.2) is 43.0 Å². The Hall–Kier alpha value is -4.12. The second-order valence-corrected chi connectivity index (χ2v) is 9.71. The van der Waals surface area contributed by atoms with Crippen LogP contribution in [0.5, 0.6) is 0 Å².